The van der Waals surface area contributed by atoms with E-state index in [1.165, 1.54) is 6.92 Å². The highest BCUT2D eigenvalue weighted by atomic mass is 35.5. The number of alkyl halides is 3. The topological polar surface area (TPSA) is 51.2 Å². The molecule has 1 N–H and O–H groups in total. The summed E-state index contributed by atoms with van der Waals surface area (Å²) in [5, 5.41) is 1.78. The van der Waals surface area contributed by atoms with Gasteiger partial charge in [-0.1, -0.05) is 11.6 Å². The maximum Gasteiger partial charge on any atom is 0.573 e. The number of ether oxygens (including phenoxy) is 1. The predicted molar refractivity (Wildman–Crippen MR) is 50.2 cm³/mol. The number of hydrogen-bond acceptors (Lipinski definition) is 3. The molecule has 1 rings (SSSR count). The van der Waals surface area contributed by atoms with E-state index in [9.17, 15) is 18.0 Å². The van der Waals surface area contributed by atoms with Gasteiger partial charge in [0.2, 0.25) is 5.91 Å². The van der Waals surface area contributed by atoms with Gasteiger partial charge in [-0.05, 0) is 12.1 Å². The smallest absolute Gasteiger partial charge is 0.402 e. The maximum atomic E-state index is 11.9. The zero-order valence-corrected chi connectivity index (χ0v) is 8.69. The molecule has 0 spiro atoms. The minimum Gasteiger partial charge on any atom is -0.402 e. The fourth-order valence-electron chi connectivity index (χ4n) is 0.872. The lowest BCUT2D eigenvalue weighted by atomic mass is 10.4. The average molecular weight is 255 g/mol. The van der Waals surface area contributed by atoms with E-state index in [4.69, 9.17) is 11.6 Å². The number of amides is 1. The van der Waals surface area contributed by atoms with Gasteiger partial charge in [0.15, 0.2) is 10.9 Å². The van der Waals surface area contributed by atoms with Crippen LogP contribution in [-0.2, 0) is 4.79 Å². The van der Waals surface area contributed by atoms with Gasteiger partial charge in [-0.3, -0.25) is 4.79 Å². The predicted octanol–water partition coefficient (Wildman–Crippen LogP) is 2.59. The van der Waals surface area contributed by atoms with Crippen LogP contribution < -0.4 is 10.1 Å². The van der Waals surface area contributed by atoms with Crippen molar-refractivity contribution in [3.8, 4) is 5.75 Å². The molecule has 0 aliphatic heterocycles. The molecule has 0 aromatic carbocycles. The summed E-state index contributed by atoms with van der Waals surface area (Å²) in [6, 6.07) is 2.11. The summed E-state index contributed by atoms with van der Waals surface area (Å²) in [4.78, 5) is 14.1. The Bertz CT molecular complexity index is 409. The second-order valence-corrected chi connectivity index (χ2v) is 3.07. The van der Waals surface area contributed by atoms with Crippen molar-refractivity contribution >= 4 is 23.3 Å². The summed E-state index contributed by atoms with van der Waals surface area (Å²) >= 11 is 5.43. The number of carbonyl (C=O) groups excluding carboxylic acids is 1. The Labute approximate surface area is 93.4 Å². The van der Waals surface area contributed by atoms with Gasteiger partial charge in [-0.15, -0.1) is 13.2 Å². The van der Waals surface area contributed by atoms with E-state index >= 15 is 0 Å². The minimum atomic E-state index is -4.83. The number of carbonyl (C=O) groups is 1. The fraction of sp³-hybridized carbons (Fsp3) is 0.250. The van der Waals surface area contributed by atoms with E-state index in [2.05, 4.69) is 15.0 Å². The van der Waals surface area contributed by atoms with Gasteiger partial charge in [0.25, 0.3) is 0 Å². The third-order valence-corrected chi connectivity index (χ3v) is 1.62. The van der Waals surface area contributed by atoms with Gasteiger partial charge < -0.3 is 10.1 Å². The lowest BCUT2D eigenvalue weighted by Crippen LogP contribution is -2.17. The normalized spacial score (nSPS) is 11.1. The Hall–Kier alpha value is -1.50. The molecule has 0 aliphatic rings. The van der Waals surface area contributed by atoms with Crippen molar-refractivity contribution in [2.75, 3.05) is 5.32 Å². The highest BCUT2D eigenvalue weighted by Crippen LogP contribution is 2.29. The molecule has 0 fully saturated rings. The fourth-order valence-corrected chi connectivity index (χ4v) is 1.06. The second kappa shape index (κ2) is 4.56. The first-order valence-corrected chi connectivity index (χ1v) is 4.35. The zero-order valence-electron chi connectivity index (χ0n) is 7.93. The number of nitrogens with one attached hydrogen (secondary N) is 1. The van der Waals surface area contributed by atoms with Crippen molar-refractivity contribution in [2.45, 2.75) is 13.3 Å². The number of aromatic nitrogens is 1. The molecular weight excluding hydrogens is 249 g/mol. The van der Waals surface area contributed by atoms with E-state index in [0.717, 1.165) is 12.1 Å². The molecule has 0 atom stereocenters. The molecule has 88 valence electrons. The lowest BCUT2D eigenvalue weighted by Gasteiger charge is -2.10. The summed E-state index contributed by atoms with van der Waals surface area (Å²) < 4.78 is 39.1. The first kappa shape index (κ1) is 12.6. The standard InChI is InChI=1S/C8H6ClF3N2O2/c1-4(15)13-6-3-2-5(7(9)14-6)16-8(10,11)12/h2-3H,1H3,(H,13,14,15). The van der Waals surface area contributed by atoms with Crippen molar-refractivity contribution in [3.05, 3.63) is 17.3 Å². The Kier molecular flexibility index (Phi) is 3.58. The third-order valence-electron chi connectivity index (χ3n) is 1.34. The summed E-state index contributed by atoms with van der Waals surface area (Å²) in [6.45, 7) is 1.23. The van der Waals surface area contributed by atoms with Crippen molar-refractivity contribution in [3.63, 3.8) is 0 Å². The molecule has 0 radical (unpaired) electrons. The van der Waals surface area contributed by atoms with Gasteiger partial charge in [-0.2, -0.15) is 0 Å². The molecule has 1 aromatic rings. The minimum absolute atomic E-state index is 0.0482. The molecule has 1 aromatic heterocycles. The van der Waals surface area contributed by atoms with Gasteiger partial charge in [0, 0.05) is 6.92 Å². The second-order valence-electron chi connectivity index (χ2n) is 2.71. The van der Waals surface area contributed by atoms with Crippen LogP contribution in [0, 0.1) is 0 Å². The van der Waals surface area contributed by atoms with Crippen LogP contribution in [0.3, 0.4) is 0 Å². The summed E-state index contributed by atoms with van der Waals surface area (Å²) in [5.74, 6) is -0.983. The number of rotatable bonds is 2. The molecule has 8 heteroatoms. The largest absolute Gasteiger partial charge is 0.573 e. The highest BCUT2D eigenvalue weighted by molar-refractivity contribution is 6.31. The van der Waals surface area contributed by atoms with E-state index in [1.54, 1.807) is 0 Å². The van der Waals surface area contributed by atoms with Crippen molar-refractivity contribution in [2.24, 2.45) is 0 Å². The monoisotopic (exact) mass is 254 g/mol. The Morgan fingerprint density at radius 2 is 2.12 bits per heavy atom. The molecule has 0 aliphatic carbocycles. The molecule has 0 unspecified atom stereocenters. The molecule has 0 saturated carbocycles. The van der Waals surface area contributed by atoms with Crippen LogP contribution in [0.2, 0.25) is 5.15 Å². The molecule has 4 nitrogen and oxygen atoms in total. The van der Waals surface area contributed by atoms with E-state index in [0.29, 0.717) is 0 Å². The number of nitrogens with zero attached hydrogens (tertiary/aromatic N) is 1. The quantitative estimate of drug-likeness (QED) is 0.826. The van der Waals surface area contributed by atoms with Crippen LogP contribution in [0.5, 0.6) is 5.75 Å². The van der Waals surface area contributed by atoms with E-state index in [1.807, 2.05) is 0 Å². The van der Waals surface area contributed by atoms with Crippen molar-refractivity contribution < 1.29 is 22.7 Å². The Morgan fingerprint density at radius 1 is 1.50 bits per heavy atom. The van der Waals surface area contributed by atoms with Crippen LogP contribution in [-0.4, -0.2) is 17.3 Å². The van der Waals surface area contributed by atoms with Gasteiger partial charge in [0.05, 0.1) is 0 Å². The Morgan fingerprint density at radius 3 is 2.56 bits per heavy atom. The summed E-state index contributed by atoms with van der Waals surface area (Å²) in [5.41, 5.74) is 0. The maximum absolute atomic E-state index is 11.9. The molecule has 1 amide bonds. The van der Waals surface area contributed by atoms with E-state index < -0.39 is 23.2 Å². The van der Waals surface area contributed by atoms with Crippen LogP contribution in [0.15, 0.2) is 12.1 Å². The Balaban J connectivity index is 2.87. The first-order valence-electron chi connectivity index (χ1n) is 3.98. The number of hydrogen-bond donors (Lipinski definition) is 1. The summed E-state index contributed by atoms with van der Waals surface area (Å²) in [7, 11) is 0. The molecule has 1 heterocycles. The third kappa shape index (κ3) is 3.93. The lowest BCUT2D eigenvalue weighted by molar-refractivity contribution is -0.274. The SMILES string of the molecule is CC(=O)Nc1ccc(OC(F)(F)F)c(Cl)n1. The molecule has 16 heavy (non-hydrogen) atoms. The van der Waals surface area contributed by atoms with Gasteiger partial charge in [0.1, 0.15) is 5.82 Å². The van der Waals surface area contributed by atoms with Crippen molar-refractivity contribution in [1.82, 2.24) is 4.98 Å². The van der Waals surface area contributed by atoms with E-state index in [-0.39, 0.29) is 5.82 Å². The van der Waals surface area contributed by atoms with Crippen LogP contribution in [0.25, 0.3) is 0 Å². The first-order chi connectivity index (χ1) is 7.28. The number of anilines is 1. The van der Waals surface area contributed by atoms with Crippen LogP contribution >= 0.6 is 11.6 Å². The number of halogens is 4. The number of pyridine rings is 1. The van der Waals surface area contributed by atoms with Gasteiger partial charge >= 0.3 is 6.36 Å². The zero-order chi connectivity index (χ0) is 12.3. The van der Waals surface area contributed by atoms with Gasteiger partial charge in [-0.25, -0.2) is 4.98 Å². The average Bonchev–Trinajstić information content (AvgIpc) is 2.06. The molecular formula is C8H6ClF3N2O2. The molecule has 0 saturated heterocycles. The van der Waals surface area contributed by atoms with Crippen molar-refractivity contribution in [1.29, 1.82) is 0 Å². The summed E-state index contributed by atoms with van der Waals surface area (Å²) in [6.07, 6.45) is -4.83. The highest BCUT2D eigenvalue weighted by Gasteiger charge is 2.32. The van der Waals surface area contributed by atoms with Crippen LogP contribution in [0.4, 0.5) is 19.0 Å². The van der Waals surface area contributed by atoms with Crippen LogP contribution in [0.1, 0.15) is 6.92 Å². The molecule has 0 bridgehead atoms.